The molecule has 92 valence electrons. The van der Waals surface area contributed by atoms with Gasteiger partial charge in [-0.3, -0.25) is 4.99 Å². The van der Waals surface area contributed by atoms with E-state index in [4.69, 9.17) is 0 Å². The topological polar surface area (TPSA) is 12.4 Å². The van der Waals surface area contributed by atoms with E-state index < -0.39 is 0 Å². The molecule has 2 aromatic rings. The molecule has 0 heterocycles. The first kappa shape index (κ1) is 12.6. The van der Waals surface area contributed by atoms with Crippen LogP contribution in [0, 0.1) is 0 Å². The number of hydrogen-bond donors (Lipinski definition) is 0. The lowest BCUT2D eigenvalue weighted by Gasteiger charge is -2.05. The molecule has 0 unspecified atom stereocenters. The van der Waals surface area contributed by atoms with E-state index in [0.717, 1.165) is 13.0 Å². The van der Waals surface area contributed by atoms with Crippen LogP contribution in [0.25, 0.3) is 11.1 Å². The molecule has 0 radical (unpaired) electrons. The van der Waals surface area contributed by atoms with Crippen molar-refractivity contribution in [1.82, 2.24) is 0 Å². The lowest BCUT2D eigenvalue weighted by molar-refractivity contribution is 0.810. The van der Waals surface area contributed by atoms with Crippen LogP contribution in [0.4, 0.5) is 0 Å². The first-order valence-electron chi connectivity index (χ1n) is 6.56. The second kappa shape index (κ2) is 6.75. The Morgan fingerprint density at radius 3 is 2.44 bits per heavy atom. The van der Waals surface area contributed by atoms with Gasteiger partial charge >= 0.3 is 0 Å². The van der Waals surface area contributed by atoms with Gasteiger partial charge in [-0.25, -0.2) is 0 Å². The highest BCUT2D eigenvalue weighted by Crippen LogP contribution is 2.21. The number of nitrogens with zero attached hydrogens (tertiary/aromatic N) is 1. The lowest BCUT2D eigenvalue weighted by atomic mass is 10.0. The standard InChI is InChI=1S/C17H19N/c1-2-3-13-18-14-16-11-7-8-12-17(16)15-9-5-4-6-10-15/h4-12,14H,2-3,13H2,1H3. The third kappa shape index (κ3) is 3.30. The number of benzene rings is 2. The van der Waals surface area contributed by atoms with Crippen LogP contribution in [0.2, 0.25) is 0 Å². The molecule has 0 saturated heterocycles. The van der Waals surface area contributed by atoms with Crippen molar-refractivity contribution in [3.63, 3.8) is 0 Å². The van der Waals surface area contributed by atoms with Crippen LogP contribution in [0.3, 0.4) is 0 Å². The molecule has 2 rings (SSSR count). The summed E-state index contributed by atoms with van der Waals surface area (Å²) in [6, 6.07) is 18.9. The van der Waals surface area contributed by atoms with Gasteiger partial charge < -0.3 is 0 Å². The smallest absolute Gasteiger partial charge is 0.0389 e. The number of rotatable bonds is 5. The average Bonchev–Trinajstić information content (AvgIpc) is 2.45. The van der Waals surface area contributed by atoms with Crippen molar-refractivity contribution in [2.45, 2.75) is 19.8 Å². The normalized spacial score (nSPS) is 10.9. The molecule has 0 fully saturated rings. The third-order valence-electron chi connectivity index (χ3n) is 2.92. The molecule has 18 heavy (non-hydrogen) atoms. The van der Waals surface area contributed by atoms with Gasteiger partial charge in [0.15, 0.2) is 0 Å². The van der Waals surface area contributed by atoms with E-state index >= 15 is 0 Å². The van der Waals surface area contributed by atoms with Gasteiger partial charge in [-0.2, -0.15) is 0 Å². The number of hydrogen-bond acceptors (Lipinski definition) is 1. The van der Waals surface area contributed by atoms with Gasteiger partial charge in [0.1, 0.15) is 0 Å². The van der Waals surface area contributed by atoms with Crippen molar-refractivity contribution >= 4 is 6.21 Å². The van der Waals surface area contributed by atoms with E-state index in [-0.39, 0.29) is 0 Å². The predicted molar refractivity (Wildman–Crippen MR) is 79.2 cm³/mol. The Morgan fingerprint density at radius 2 is 1.67 bits per heavy atom. The van der Waals surface area contributed by atoms with Gasteiger partial charge in [-0.1, -0.05) is 67.9 Å². The summed E-state index contributed by atoms with van der Waals surface area (Å²) in [7, 11) is 0. The minimum Gasteiger partial charge on any atom is -0.293 e. The second-order valence-electron chi connectivity index (χ2n) is 4.34. The fraction of sp³-hybridized carbons (Fsp3) is 0.235. The van der Waals surface area contributed by atoms with Crippen LogP contribution in [0.15, 0.2) is 59.6 Å². The largest absolute Gasteiger partial charge is 0.293 e. The zero-order valence-electron chi connectivity index (χ0n) is 10.8. The number of unbranched alkanes of at least 4 members (excludes halogenated alkanes) is 1. The van der Waals surface area contributed by atoms with Crippen molar-refractivity contribution in [3.8, 4) is 11.1 Å². The molecule has 0 N–H and O–H groups in total. The van der Waals surface area contributed by atoms with Gasteiger partial charge in [0.05, 0.1) is 0 Å². The molecular weight excluding hydrogens is 218 g/mol. The summed E-state index contributed by atoms with van der Waals surface area (Å²) in [6.07, 6.45) is 4.35. The Bertz CT molecular complexity index is 500. The van der Waals surface area contributed by atoms with E-state index in [1.807, 2.05) is 12.3 Å². The molecule has 2 aromatic carbocycles. The van der Waals surface area contributed by atoms with E-state index in [1.165, 1.54) is 23.1 Å². The van der Waals surface area contributed by atoms with Crippen molar-refractivity contribution in [1.29, 1.82) is 0 Å². The van der Waals surface area contributed by atoms with Gasteiger partial charge in [0, 0.05) is 18.3 Å². The van der Waals surface area contributed by atoms with E-state index in [0.29, 0.717) is 0 Å². The summed E-state index contributed by atoms with van der Waals surface area (Å²) in [5, 5.41) is 0. The van der Waals surface area contributed by atoms with Gasteiger partial charge in [-0.15, -0.1) is 0 Å². The lowest BCUT2D eigenvalue weighted by Crippen LogP contribution is -1.89. The maximum absolute atomic E-state index is 4.49. The molecule has 0 saturated carbocycles. The first-order valence-corrected chi connectivity index (χ1v) is 6.56. The highest BCUT2D eigenvalue weighted by atomic mass is 14.7. The molecule has 0 spiro atoms. The molecule has 1 heteroatoms. The summed E-state index contributed by atoms with van der Waals surface area (Å²) < 4.78 is 0. The Morgan fingerprint density at radius 1 is 0.944 bits per heavy atom. The van der Waals surface area contributed by atoms with Crippen molar-refractivity contribution in [3.05, 3.63) is 60.2 Å². The minimum absolute atomic E-state index is 0.916. The predicted octanol–water partition coefficient (Wildman–Crippen LogP) is 4.57. The minimum atomic E-state index is 0.916. The Kier molecular flexibility index (Phi) is 4.71. The Labute approximate surface area is 109 Å². The first-order chi connectivity index (χ1) is 8.92. The third-order valence-corrected chi connectivity index (χ3v) is 2.92. The summed E-state index contributed by atoms with van der Waals surface area (Å²) >= 11 is 0. The fourth-order valence-electron chi connectivity index (χ4n) is 1.90. The molecular formula is C17H19N. The maximum Gasteiger partial charge on any atom is 0.0389 e. The Balaban J connectivity index is 2.24. The van der Waals surface area contributed by atoms with Gasteiger partial charge in [-0.05, 0) is 17.5 Å². The summed E-state index contributed by atoms with van der Waals surface area (Å²) in [4.78, 5) is 4.49. The maximum atomic E-state index is 4.49. The molecule has 1 nitrogen and oxygen atoms in total. The molecule has 0 aliphatic heterocycles. The van der Waals surface area contributed by atoms with Crippen LogP contribution >= 0.6 is 0 Å². The molecule has 0 atom stereocenters. The highest BCUT2D eigenvalue weighted by Gasteiger charge is 2.01. The van der Waals surface area contributed by atoms with Crippen LogP contribution in [-0.4, -0.2) is 12.8 Å². The van der Waals surface area contributed by atoms with Crippen LogP contribution in [-0.2, 0) is 0 Å². The van der Waals surface area contributed by atoms with E-state index in [1.54, 1.807) is 0 Å². The molecule has 0 amide bonds. The zero-order chi connectivity index (χ0) is 12.6. The van der Waals surface area contributed by atoms with Crippen molar-refractivity contribution < 1.29 is 0 Å². The van der Waals surface area contributed by atoms with Crippen molar-refractivity contribution in [2.75, 3.05) is 6.54 Å². The second-order valence-corrected chi connectivity index (χ2v) is 4.34. The SMILES string of the molecule is CCCCN=Cc1ccccc1-c1ccccc1. The van der Waals surface area contributed by atoms with E-state index in [9.17, 15) is 0 Å². The zero-order valence-corrected chi connectivity index (χ0v) is 10.8. The van der Waals surface area contributed by atoms with Crippen LogP contribution < -0.4 is 0 Å². The number of aliphatic imine (C=N–C) groups is 1. The van der Waals surface area contributed by atoms with E-state index in [2.05, 4.69) is 60.4 Å². The average molecular weight is 237 g/mol. The van der Waals surface area contributed by atoms with Gasteiger partial charge in [0.25, 0.3) is 0 Å². The molecule has 0 aliphatic carbocycles. The van der Waals surface area contributed by atoms with Crippen LogP contribution in [0.1, 0.15) is 25.3 Å². The summed E-state index contributed by atoms with van der Waals surface area (Å²) in [6.45, 7) is 3.10. The molecule has 0 bridgehead atoms. The van der Waals surface area contributed by atoms with Gasteiger partial charge in [0.2, 0.25) is 0 Å². The summed E-state index contributed by atoms with van der Waals surface area (Å²) in [5.41, 5.74) is 3.69. The quantitative estimate of drug-likeness (QED) is 0.533. The van der Waals surface area contributed by atoms with Crippen molar-refractivity contribution in [2.24, 2.45) is 4.99 Å². The highest BCUT2D eigenvalue weighted by molar-refractivity contribution is 5.90. The summed E-state index contributed by atoms with van der Waals surface area (Å²) in [5.74, 6) is 0. The Hall–Kier alpha value is -1.89. The molecule has 0 aliphatic rings. The fourth-order valence-corrected chi connectivity index (χ4v) is 1.90. The monoisotopic (exact) mass is 237 g/mol. The van der Waals surface area contributed by atoms with Crippen LogP contribution in [0.5, 0.6) is 0 Å². The molecule has 0 aromatic heterocycles.